The van der Waals surface area contributed by atoms with Gasteiger partial charge >= 0.3 is 0 Å². The molecule has 1 aromatic carbocycles. The highest BCUT2D eigenvalue weighted by molar-refractivity contribution is 5.51. The average molecular weight is 615 g/mol. The molecule has 0 unspecified atom stereocenters. The lowest BCUT2D eigenvalue weighted by atomic mass is 9.99. The highest BCUT2D eigenvalue weighted by atomic mass is 16.3. The third-order valence-corrected chi connectivity index (χ3v) is 8.84. The third kappa shape index (κ3) is 18.5. The molecule has 1 aromatic rings. The van der Waals surface area contributed by atoms with Gasteiger partial charge in [-0.3, -0.25) is 0 Å². The van der Waals surface area contributed by atoms with Gasteiger partial charge in [-0.25, -0.2) is 0 Å². The molecule has 0 bridgehead atoms. The second-order valence-corrected chi connectivity index (χ2v) is 13.7. The van der Waals surface area contributed by atoms with Gasteiger partial charge < -0.3 is 10.2 Å². The predicted octanol–water partition coefficient (Wildman–Crippen LogP) is 13.6. The molecule has 0 aliphatic rings. The van der Waals surface area contributed by atoms with Crippen LogP contribution in [0.1, 0.15) is 149 Å². The van der Waals surface area contributed by atoms with Crippen LogP contribution in [0.5, 0.6) is 11.5 Å². The van der Waals surface area contributed by atoms with Gasteiger partial charge in [-0.1, -0.05) is 81.5 Å². The normalized spacial score (nSPS) is 13.9. The first kappa shape index (κ1) is 40.0. The number of allylic oxidation sites excluding steroid dienone is 14. The quantitative estimate of drug-likeness (QED) is 0.113. The van der Waals surface area contributed by atoms with Crippen molar-refractivity contribution in [1.82, 2.24) is 0 Å². The lowest BCUT2D eigenvalue weighted by Gasteiger charge is -2.10. The van der Waals surface area contributed by atoms with E-state index in [1.807, 2.05) is 13.8 Å². The molecule has 1 rings (SSSR count). The fourth-order valence-electron chi connectivity index (χ4n) is 5.32. The fraction of sp³-hybridized carbons (Fsp3) is 0.535. The molecule has 2 N–H and O–H groups in total. The topological polar surface area (TPSA) is 40.5 Å². The number of phenolic OH excluding ortho intramolecular Hbond substituents is 2. The molecule has 0 aliphatic carbocycles. The van der Waals surface area contributed by atoms with Crippen molar-refractivity contribution in [3.05, 3.63) is 104 Å². The Hall–Kier alpha value is -3.00. The zero-order valence-electron chi connectivity index (χ0n) is 30.7. The standard InChI is InChI=1S/C43H66O2/c1-32(2)17-11-18-33(3)19-12-20-34(4)21-13-22-35(5)23-14-24-36(6)25-15-26-37(7)27-16-28-38(8)29-30-41-31-42(44)39(9)40(10)43(41)45/h17,19,21,23,25,27,29,31,44-45H,11-16,18,20,22,24,26,28,30H2,1-10H3/b33-19+,34-21+,35-23-,36-25+,37-27+,38-29+. The first-order valence-electron chi connectivity index (χ1n) is 17.4. The molecule has 2 heteroatoms. The van der Waals surface area contributed by atoms with Gasteiger partial charge in [-0.15, -0.1) is 0 Å². The lowest BCUT2D eigenvalue weighted by Crippen LogP contribution is -1.91. The van der Waals surface area contributed by atoms with E-state index in [4.69, 9.17) is 0 Å². The van der Waals surface area contributed by atoms with Crippen molar-refractivity contribution in [2.24, 2.45) is 0 Å². The van der Waals surface area contributed by atoms with Crippen LogP contribution in [0, 0.1) is 13.8 Å². The number of hydrogen-bond donors (Lipinski definition) is 2. The van der Waals surface area contributed by atoms with Crippen molar-refractivity contribution in [3.8, 4) is 11.5 Å². The van der Waals surface area contributed by atoms with Crippen LogP contribution in [0.15, 0.2) is 87.6 Å². The maximum atomic E-state index is 10.4. The molecule has 0 fully saturated rings. The van der Waals surface area contributed by atoms with Gasteiger partial charge in [0.05, 0.1) is 0 Å². The molecule has 0 saturated heterocycles. The Bertz CT molecular complexity index is 1270. The average Bonchev–Trinajstić information content (AvgIpc) is 2.97. The number of phenols is 2. The van der Waals surface area contributed by atoms with E-state index in [1.54, 1.807) is 6.07 Å². The summed E-state index contributed by atoms with van der Waals surface area (Å²) >= 11 is 0. The van der Waals surface area contributed by atoms with Gasteiger partial charge in [0.15, 0.2) is 0 Å². The summed E-state index contributed by atoms with van der Waals surface area (Å²) in [4.78, 5) is 0. The summed E-state index contributed by atoms with van der Waals surface area (Å²) in [5, 5.41) is 20.5. The lowest BCUT2D eigenvalue weighted by molar-refractivity contribution is 0.448. The van der Waals surface area contributed by atoms with E-state index >= 15 is 0 Å². The van der Waals surface area contributed by atoms with Gasteiger partial charge in [-0.05, 0) is 170 Å². The molecule has 0 heterocycles. The van der Waals surface area contributed by atoms with E-state index in [9.17, 15) is 10.2 Å². The van der Waals surface area contributed by atoms with Crippen LogP contribution in [-0.2, 0) is 6.42 Å². The van der Waals surface area contributed by atoms with Crippen molar-refractivity contribution in [2.45, 2.75) is 153 Å². The zero-order chi connectivity index (χ0) is 33.8. The van der Waals surface area contributed by atoms with Gasteiger partial charge in [0.2, 0.25) is 0 Å². The minimum atomic E-state index is 0.255. The third-order valence-electron chi connectivity index (χ3n) is 8.84. The molecule has 0 atom stereocenters. The maximum absolute atomic E-state index is 10.4. The number of rotatable bonds is 20. The number of benzene rings is 1. The summed E-state index contributed by atoms with van der Waals surface area (Å²) in [5.74, 6) is 0.555. The summed E-state index contributed by atoms with van der Waals surface area (Å²) in [6, 6.07) is 1.69. The van der Waals surface area contributed by atoms with Crippen LogP contribution in [0.2, 0.25) is 0 Å². The second kappa shape index (κ2) is 22.5. The molecule has 0 aromatic heterocycles. The van der Waals surface area contributed by atoms with Crippen molar-refractivity contribution >= 4 is 0 Å². The molecule has 0 amide bonds. The van der Waals surface area contributed by atoms with E-state index < -0.39 is 0 Å². The molecule has 250 valence electrons. The van der Waals surface area contributed by atoms with Gasteiger partial charge in [-0.2, -0.15) is 0 Å². The Morgan fingerprint density at radius 3 is 1.11 bits per heavy atom. The van der Waals surface area contributed by atoms with Gasteiger partial charge in [0.1, 0.15) is 11.5 Å². The number of aromatic hydroxyl groups is 2. The summed E-state index contributed by atoms with van der Waals surface area (Å²) in [7, 11) is 0. The smallest absolute Gasteiger partial charge is 0.122 e. The zero-order valence-corrected chi connectivity index (χ0v) is 30.7. The summed E-state index contributed by atoms with van der Waals surface area (Å²) in [5.41, 5.74) is 12.5. The molecule has 0 saturated carbocycles. The van der Waals surface area contributed by atoms with Crippen molar-refractivity contribution in [3.63, 3.8) is 0 Å². The van der Waals surface area contributed by atoms with E-state index in [0.29, 0.717) is 12.2 Å². The molecule has 2 nitrogen and oxygen atoms in total. The van der Waals surface area contributed by atoms with Crippen molar-refractivity contribution in [2.75, 3.05) is 0 Å². The summed E-state index contributed by atoms with van der Waals surface area (Å²) < 4.78 is 0. The Balaban J connectivity index is 2.31. The minimum absolute atomic E-state index is 0.255. The minimum Gasteiger partial charge on any atom is -0.508 e. The highest BCUT2D eigenvalue weighted by Crippen LogP contribution is 2.32. The Morgan fingerprint density at radius 1 is 0.467 bits per heavy atom. The monoisotopic (exact) mass is 615 g/mol. The molecule has 0 radical (unpaired) electrons. The Kier molecular flexibility index (Phi) is 20.0. The van der Waals surface area contributed by atoms with Crippen LogP contribution in [0.25, 0.3) is 0 Å². The fourth-order valence-corrected chi connectivity index (χ4v) is 5.32. The largest absolute Gasteiger partial charge is 0.508 e. The van der Waals surface area contributed by atoms with Crippen LogP contribution < -0.4 is 0 Å². The molecule has 0 spiro atoms. The molecule has 45 heavy (non-hydrogen) atoms. The van der Waals surface area contributed by atoms with Crippen molar-refractivity contribution in [1.29, 1.82) is 0 Å². The Morgan fingerprint density at radius 2 is 0.778 bits per heavy atom. The van der Waals surface area contributed by atoms with E-state index in [-0.39, 0.29) is 5.75 Å². The summed E-state index contributed by atoms with van der Waals surface area (Å²) in [6.45, 7) is 21.5. The van der Waals surface area contributed by atoms with Crippen LogP contribution >= 0.6 is 0 Å². The Labute approximate surface area is 278 Å². The van der Waals surface area contributed by atoms with E-state index in [2.05, 4.69) is 97.9 Å². The van der Waals surface area contributed by atoms with E-state index in [1.165, 1.54) is 51.9 Å². The first-order valence-corrected chi connectivity index (χ1v) is 17.4. The van der Waals surface area contributed by atoms with Crippen LogP contribution in [0.3, 0.4) is 0 Å². The van der Waals surface area contributed by atoms with Gasteiger partial charge in [0.25, 0.3) is 0 Å². The van der Waals surface area contributed by atoms with Crippen LogP contribution in [0.4, 0.5) is 0 Å². The maximum Gasteiger partial charge on any atom is 0.122 e. The van der Waals surface area contributed by atoms with Crippen molar-refractivity contribution < 1.29 is 10.2 Å². The molecular formula is C43H66O2. The van der Waals surface area contributed by atoms with E-state index in [0.717, 1.165) is 80.9 Å². The first-order chi connectivity index (χ1) is 21.3. The SMILES string of the molecule is CC(C)=CCC/C(C)=C/CC/C(C)=C/CC/C(C)=C\CC/C(C)=C/CC/C(C)=C/CC/C(C)=C/Cc1cc(O)c(C)c(C)c1O. The highest BCUT2D eigenvalue weighted by Gasteiger charge is 2.10. The molecular weight excluding hydrogens is 548 g/mol. The van der Waals surface area contributed by atoms with Crippen LogP contribution in [-0.4, -0.2) is 10.2 Å². The van der Waals surface area contributed by atoms with Gasteiger partial charge in [0, 0.05) is 5.56 Å². The predicted molar refractivity (Wildman–Crippen MR) is 200 cm³/mol. The molecule has 0 aliphatic heterocycles. The second-order valence-electron chi connectivity index (χ2n) is 13.7. The summed E-state index contributed by atoms with van der Waals surface area (Å²) in [6.07, 6.45) is 30.7. The number of hydrogen-bond acceptors (Lipinski definition) is 2.